The van der Waals surface area contributed by atoms with Crippen molar-refractivity contribution >= 4 is 64.1 Å². The van der Waals surface area contributed by atoms with Gasteiger partial charge >= 0.3 is 0 Å². The van der Waals surface area contributed by atoms with Crippen LogP contribution in [-0.2, 0) is 46.5 Å². The Kier molecular flexibility index (Phi) is 16.6. The monoisotopic (exact) mass is 1100 g/mol. The van der Waals surface area contributed by atoms with Crippen LogP contribution in [0, 0.1) is 26.2 Å². The van der Waals surface area contributed by atoms with E-state index in [9.17, 15) is 33.9 Å². The highest BCUT2D eigenvalue weighted by molar-refractivity contribution is 7.15. The van der Waals surface area contributed by atoms with Crippen LogP contribution in [0.5, 0.6) is 0 Å². The molecule has 78 heavy (non-hydrogen) atoms. The number of fused-ring (bicyclic) bond motifs is 6. The molecule has 408 valence electrons. The molecule has 6 N–H and O–H groups in total. The normalized spacial score (nSPS) is 21.8. The first-order valence-electron chi connectivity index (χ1n) is 25.7. The number of nitrogens with zero attached hydrogens (tertiary/aromatic N) is 8. The summed E-state index contributed by atoms with van der Waals surface area (Å²) in [6, 6.07) is 18.9. The number of halogens is 1. The molecule has 1 saturated heterocycles. The second-order valence-corrected chi connectivity index (χ2v) is 22.4. The minimum absolute atomic E-state index is 0.00234. The first-order chi connectivity index (χ1) is 37.3. The van der Waals surface area contributed by atoms with E-state index in [1.165, 1.54) is 9.58 Å². The fourth-order valence-electron chi connectivity index (χ4n) is 9.91. The second kappa shape index (κ2) is 23.5. The Morgan fingerprint density at radius 2 is 1.56 bits per heavy atom. The molecular formula is C55H62ClN13O8S. The van der Waals surface area contributed by atoms with Gasteiger partial charge in [-0.3, -0.25) is 38.3 Å². The van der Waals surface area contributed by atoms with Gasteiger partial charge in [0.15, 0.2) is 5.82 Å². The van der Waals surface area contributed by atoms with E-state index in [0.29, 0.717) is 33.6 Å². The van der Waals surface area contributed by atoms with Gasteiger partial charge in [0, 0.05) is 53.5 Å². The number of aliphatic imine (C=N–C) groups is 1. The molecule has 3 aromatic carbocycles. The number of benzene rings is 3. The second-order valence-electron chi connectivity index (χ2n) is 20.8. The largest absolute Gasteiger partial charge is 0.391 e. The molecule has 3 aliphatic rings. The zero-order chi connectivity index (χ0) is 55.4. The first kappa shape index (κ1) is 55.1. The lowest BCUT2D eigenvalue weighted by Gasteiger charge is -2.35. The summed E-state index contributed by atoms with van der Waals surface area (Å²) in [5, 5.41) is 43.4. The Labute approximate surface area is 459 Å². The number of rotatable bonds is 8. The lowest BCUT2D eigenvalue weighted by molar-refractivity contribution is -0.144. The number of aliphatic hydroxyl groups excluding tert-OH is 1. The molecule has 0 spiro atoms. The van der Waals surface area contributed by atoms with Gasteiger partial charge in [-0.1, -0.05) is 104 Å². The molecule has 23 heteroatoms. The number of aryl methyl sites for hydroxylation is 2. The molecule has 0 saturated carbocycles. The molecule has 6 heterocycles. The minimum Gasteiger partial charge on any atom is -0.391 e. The van der Waals surface area contributed by atoms with Crippen LogP contribution in [0.25, 0.3) is 16.1 Å². The summed E-state index contributed by atoms with van der Waals surface area (Å²) in [6.07, 6.45) is 0.218. The number of amides is 6. The maximum atomic E-state index is 14.6. The number of aromatic nitrogens is 6. The van der Waals surface area contributed by atoms with Crippen molar-refractivity contribution in [1.82, 2.24) is 61.2 Å². The van der Waals surface area contributed by atoms with Crippen LogP contribution in [0.3, 0.4) is 0 Å². The zero-order valence-corrected chi connectivity index (χ0v) is 45.7. The van der Waals surface area contributed by atoms with Gasteiger partial charge in [0.25, 0.3) is 0 Å². The highest BCUT2D eigenvalue weighted by Crippen LogP contribution is 2.40. The number of nitrogens with one attached hydrogen (secondary N) is 5. The van der Waals surface area contributed by atoms with Crippen LogP contribution < -0.4 is 26.6 Å². The van der Waals surface area contributed by atoms with Crippen LogP contribution >= 0.6 is 22.9 Å². The smallest absolute Gasteiger partial charge is 0.248 e. The molecule has 21 nitrogen and oxygen atoms in total. The molecular weight excluding hydrogens is 1040 g/mol. The summed E-state index contributed by atoms with van der Waals surface area (Å²) < 4.78 is 9.17. The fraction of sp³-hybridized carbons (Fsp3) is 0.400. The lowest BCUT2D eigenvalue weighted by Crippen LogP contribution is -2.57. The summed E-state index contributed by atoms with van der Waals surface area (Å²) in [5.41, 5.74) is 5.57. The van der Waals surface area contributed by atoms with Gasteiger partial charge in [-0.25, -0.2) is 4.68 Å². The molecule has 0 aliphatic carbocycles. The molecule has 2 bridgehead atoms. The van der Waals surface area contributed by atoms with E-state index >= 15 is 0 Å². The number of thiophene rings is 1. The average Bonchev–Trinajstić information content (AvgIpc) is 4.36. The SMILES string of the molecule is Cc1sc2c(c1C)C(c1ccc(Cl)cc1)=N[C@@H](CC(=O)NC[C@H]1NC(=O)CNC(=O)[C@@H](Cc3ccc(-c4ccccc4)cc3)NC(=O)[C@@H]3C[C@@H](O)CN3C(=O)C(C(C)(C)C)n3cc(nn3)COCCNC1=O)c1nnc(C)n1-2. The summed E-state index contributed by atoms with van der Waals surface area (Å²) in [5.74, 6) is -2.78. The number of ether oxygens (including phenoxy) is 1. The van der Waals surface area contributed by atoms with E-state index in [-0.39, 0.29) is 52.1 Å². The van der Waals surface area contributed by atoms with Gasteiger partial charge in [-0.05, 0) is 60.6 Å². The van der Waals surface area contributed by atoms with Crippen LogP contribution in [0.1, 0.15) is 90.2 Å². The van der Waals surface area contributed by atoms with Crippen molar-refractivity contribution in [3.05, 3.63) is 135 Å². The molecule has 0 radical (unpaired) electrons. The van der Waals surface area contributed by atoms with Gasteiger partial charge in [0.05, 0.1) is 44.2 Å². The molecule has 1 unspecified atom stereocenters. The quantitative estimate of drug-likeness (QED) is 0.127. The van der Waals surface area contributed by atoms with Gasteiger partial charge < -0.3 is 41.3 Å². The molecule has 6 amide bonds. The average molecular weight is 1100 g/mol. The van der Waals surface area contributed by atoms with Gasteiger partial charge in [0.2, 0.25) is 35.4 Å². The Bertz CT molecular complexity index is 3240. The predicted molar refractivity (Wildman–Crippen MR) is 291 cm³/mol. The van der Waals surface area contributed by atoms with Crippen LogP contribution in [0.15, 0.2) is 90.1 Å². The lowest BCUT2D eigenvalue weighted by atomic mass is 9.85. The first-order valence-corrected chi connectivity index (χ1v) is 26.9. The van der Waals surface area contributed by atoms with Crippen molar-refractivity contribution in [3.63, 3.8) is 0 Å². The van der Waals surface area contributed by atoms with E-state index in [4.69, 9.17) is 21.3 Å². The summed E-state index contributed by atoms with van der Waals surface area (Å²) in [4.78, 5) is 92.7. The predicted octanol–water partition coefficient (Wildman–Crippen LogP) is 3.79. The van der Waals surface area contributed by atoms with Crippen LogP contribution in [0.4, 0.5) is 0 Å². The van der Waals surface area contributed by atoms with E-state index in [0.717, 1.165) is 37.7 Å². The molecule has 6 aromatic rings. The van der Waals surface area contributed by atoms with Crippen molar-refractivity contribution in [2.45, 2.75) is 104 Å². The molecule has 3 aromatic heterocycles. The van der Waals surface area contributed by atoms with Crippen molar-refractivity contribution in [2.24, 2.45) is 10.4 Å². The number of hydrogen-bond donors (Lipinski definition) is 6. The highest BCUT2D eigenvalue weighted by atomic mass is 35.5. The summed E-state index contributed by atoms with van der Waals surface area (Å²) in [6.45, 7) is 10.3. The number of hydrogen-bond acceptors (Lipinski definition) is 14. The topological polar surface area (TPSA) is 269 Å². The minimum atomic E-state index is -1.34. The molecule has 6 atom stereocenters. The molecule has 3 aliphatic heterocycles. The Morgan fingerprint density at radius 3 is 2.29 bits per heavy atom. The van der Waals surface area contributed by atoms with Gasteiger partial charge in [0.1, 0.15) is 46.7 Å². The third kappa shape index (κ3) is 12.4. The van der Waals surface area contributed by atoms with Gasteiger partial charge in [-0.2, -0.15) is 0 Å². The molecule has 9 rings (SSSR count). The van der Waals surface area contributed by atoms with Gasteiger partial charge in [-0.15, -0.1) is 26.6 Å². The van der Waals surface area contributed by atoms with E-state index in [2.05, 4.69) is 47.1 Å². The standard InChI is InChI=1S/C55H62ClN13O8S/c1-30-31(2)78-54-46(30)47(36-16-18-37(56)19-17-36)61-40(49-65-63-32(3)69(49)54)24-44(71)58-25-42-51(74)57-20-21-77-29-38-27-68(66-64-38)48(55(4,5)6)53(76)67-28-39(70)23-43(67)52(75)62-41(50(73)59-26-45(72)60-42)22-33-12-14-35(15-13-33)34-10-8-7-9-11-34/h7-19,27,39-43,48,70H,20-26,28-29H2,1-6H3,(H,57,74)(H,58,71)(H,59,73)(H,60,72)(H,62,75)/t39-,40+,41-,42-,43+,48?/m1/s1. The van der Waals surface area contributed by atoms with Crippen molar-refractivity contribution in [3.8, 4) is 16.1 Å². The van der Waals surface area contributed by atoms with Crippen molar-refractivity contribution in [1.29, 1.82) is 0 Å². The summed E-state index contributed by atoms with van der Waals surface area (Å²) in [7, 11) is 0. The Morgan fingerprint density at radius 1 is 0.859 bits per heavy atom. The Balaban J connectivity index is 0.964. The van der Waals surface area contributed by atoms with Crippen molar-refractivity contribution < 1.29 is 38.6 Å². The fourth-order valence-corrected chi connectivity index (χ4v) is 11.3. The van der Waals surface area contributed by atoms with E-state index < -0.39 is 83.7 Å². The third-order valence-electron chi connectivity index (χ3n) is 14.0. The maximum absolute atomic E-state index is 14.6. The third-order valence-corrected chi connectivity index (χ3v) is 15.4. The Hall–Kier alpha value is -7.66. The number of aliphatic hydroxyl groups is 1. The van der Waals surface area contributed by atoms with Crippen LogP contribution in [-0.4, -0.2) is 138 Å². The van der Waals surface area contributed by atoms with Crippen LogP contribution in [0.2, 0.25) is 5.02 Å². The maximum Gasteiger partial charge on any atom is 0.248 e. The molecule has 1 fully saturated rings. The highest BCUT2D eigenvalue weighted by Gasteiger charge is 2.46. The zero-order valence-electron chi connectivity index (χ0n) is 44.1. The van der Waals surface area contributed by atoms with Crippen molar-refractivity contribution in [2.75, 3.05) is 32.8 Å². The number of carbonyl (C=O) groups excluding carboxylic acids is 6. The van der Waals surface area contributed by atoms with E-state index in [1.807, 2.05) is 113 Å². The number of carbonyl (C=O) groups is 6. The summed E-state index contributed by atoms with van der Waals surface area (Å²) >= 11 is 7.87. The van der Waals surface area contributed by atoms with E-state index in [1.54, 1.807) is 29.7 Å².